The largest absolute Gasteiger partial charge is 0.494 e. The molecule has 102 valence electrons. The average Bonchev–Trinajstić information content (AvgIpc) is 2.34. The van der Waals surface area contributed by atoms with Crippen LogP contribution in [0.3, 0.4) is 0 Å². The second kappa shape index (κ2) is 7.16. The predicted molar refractivity (Wildman–Crippen MR) is 74.5 cm³/mol. The van der Waals surface area contributed by atoms with Crippen LogP contribution >= 0.6 is 23.2 Å². The lowest BCUT2D eigenvalue weighted by Crippen LogP contribution is -2.34. The van der Waals surface area contributed by atoms with Crippen molar-refractivity contribution >= 4 is 23.2 Å². The van der Waals surface area contributed by atoms with Gasteiger partial charge in [-0.2, -0.15) is 0 Å². The molecular weight excluding hydrogens is 275 g/mol. The molecule has 0 saturated heterocycles. The molecule has 4 nitrogen and oxygen atoms in total. The maximum absolute atomic E-state index is 10.2. The van der Waals surface area contributed by atoms with Crippen LogP contribution in [0.15, 0.2) is 12.1 Å². The van der Waals surface area contributed by atoms with E-state index in [9.17, 15) is 5.11 Å². The monoisotopic (exact) mass is 292 g/mol. The highest BCUT2D eigenvalue weighted by Gasteiger charge is 2.21. The first-order valence-electron chi connectivity index (χ1n) is 5.63. The maximum Gasteiger partial charge on any atom is 0.156 e. The van der Waals surface area contributed by atoms with Crippen molar-refractivity contribution in [3.8, 4) is 5.75 Å². The molecule has 0 saturated carbocycles. The van der Waals surface area contributed by atoms with Crippen molar-refractivity contribution in [3.63, 3.8) is 0 Å². The second-order valence-corrected chi connectivity index (χ2v) is 4.75. The minimum absolute atomic E-state index is 0.143. The molecule has 0 radical (unpaired) electrons. The number of rotatable bonds is 6. The van der Waals surface area contributed by atoms with Crippen LogP contribution in [-0.2, 0) is 0 Å². The highest BCUT2D eigenvalue weighted by Crippen LogP contribution is 2.36. The number of aliphatic hydroxyl groups excluding tert-OH is 1. The van der Waals surface area contributed by atoms with Gasteiger partial charge in [0.05, 0.1) is 23.3 Å². The minimum Gasteiger partial charge on any atom is -0.494 e. The Balaban J connectivity index is 3.02. The third-order valence-electron chi connectivity index (χ3n) is 2.80. The van der Waals surface area contributed by atoms with Gasteiger partial charge in [-0.1, -0.05) is 23.2 Å². The van der Waals surface area contributed by atoms with Crippen molar-refractivity contribution in [3.05, 3.63) is 27.7 Å². The van der Waals surface area contributed by atoms with E-state index in [0.717, 1.165) is 0 Å². The lowest BCUT2D eigenvalue weighted by molar-refractivity contribution is 0.129. The molecule has 0 aliphatic heterocycles. The molecule has 0 fully saturated rings. The van der Waals surface area contributed by atoms with Crippen molar-refractivity contribution in [1.82, 2.24) is 5.32 Å². The molecule has 4 N–H and O–H groups in total. The highest BCUT2D eigenvalue weighted by atomic mass is 35.5. The van der Waals surface area contributed by atoms with Gasteiger partial charge in [-0.15, -0.1) is 0 Å². The topological polar surface area (TPSA) is 67.5 Å². The number of aliphatic hydroxyl groups is 1. The van der Waals surface area contributed by atoms with Crippen LogP contribution in [0, 0.1) is 0 Å². The minimum atomic E-state index is -0.723. The molecule has 0 aliphatic carbocycles. The number of likely N-dealkylation sites (N-methyl/N-ethyl adjacent to an activating group) is 1. The lowest BCUT2D eigenvalue weighted by Gasteiger charge is -2.23. The Morgan fingerprint density at radius 1 is 1.39 bits per heavy atom. The zero-order chi connectivity index (χ0) is 13.7. The molecule has 1 rings (SSSR count). The molecule has 0 amide bonds. The van der Waals surface area contributed by atoms with Crippen LogP contribution in [0.25, 0.3) is 0 Å². The van der Waals surface area contributed by atoms with E-state index in [4.69, 9.17) is 33.7 Å². The molecular formula is C12H18Cl2N2O2. The van der Waals surface area contributed by atoms with Crippen LogP contribution in [-0.4, -0.2) is 31.9 Å². The Kier molecular flexibility index (Phi) is 6.18. The Bertz CT molecular complexity index is 379. The first-order chi connectivity index (χ1) is 8.54. The quantitative estimate of drug-likeness (QED) is 0.750. The van der Waals surface area contributed by atoms with Crippen molar-refractivity contribution in [1.29, 1.82) is 0 Å². The SMILES string of the molecule is CNC(CCN)C(O)c1cc(Cl)c(OC)c(Cl)c1. The van der Waals surface area contributed by atoms with E-state index >= 15 is 0 Å². The Morgan fingerprint density at radius 2 is 1.94 bits per heavy atom. The zero-order valence-electron chi connectivity index (χ0n) is 10.4. The summed E-state index contributed by atoms with van der Waals surface area (Å²) in [5, 5.41) is 14.0. The molecule has 2 atom stereocenters. The molecule has 0 heterocycles. The van der Waals surface area contributed by atoms with Gasteiger partial charge in [-0.25, -0.2) is 0 Å². The second-order valence-electron chi connectivity index (χ2n) is 3.94. The van der Waals surface area contributed by atoms with Crippen molar-refractivity contribution in [2.24, 2.45) is 5.73 Å². The van der Waals surface area contributed by atoms with Gasteiger partial charge in [0, 0.05) is 6.04 Å². The third-order valence-corrected chi connectivity index (χ3v) is 3.36. The number of nitrogens with two attached hydrogens (primary N) is 1. The van der Waals surface area contributed by atoms with E-state index in [0.29, 0.717) is 34.3 Å². The van der Waals surface area contributed by atoms with E-state index in [2.05, 4.69) is 5.32 Å². The third kappa shape index (κ3) is 3.49. The van der Waals surface area contributed by atoms with Crippen molar-refractivity contribution in [2.45, 2.75) is 18.6 Å². The average molecular weight is 293 g/mol. The Hall–Kier alpha value is -0.520. The van der Waals surface area contributed by atoms with Gasteiger partial charge in [0.25, 0.3) is 0 Å². The molecule has 0 aliphatic rings. The summed E-state index contributed by atoms with van der Waals surface area (Å²) in [6.07, 6.45) is -0.0710. The van der Waals surface area contributed by atoms with Crippen LogP contribution in [0.5, 0.6) is 5.75 Å². The molecule has 1 aromatic carbocycles. The normalized spacial score (nSPS) is 14.3. The van der Waals surface area contributed by atoms with Gasteiger partial charge in [0.15, 0.2) is 5.75 Å². The fourth-order valence-electron chi connectivity index (χ4n) is 1.82. The van der Waals surface area contributed by atoms with Crippen molar-refractivity contribution < 1.29 is 9.84 Å². The molecule has 0 spiro atoms. The van der Waals surface area contributed by atoms with Crippen molar-refractivity contribution in [2.75, 3.05) is 20.7 Å². The van der Waals surface area contributed by atoms with E-state index in [1.807, 2.05) is 0 Å². The van der Waals surface area contributed by atoms with Gasteiger partial charge >= 0.3 is 0 Å². The summed E-state index contributed by atoms with van der Waals surface area (Å²) >= 11 is 12.1. The van der Waals surface area contributed by atoms with E-state index in [-0.39, 0.29) is 6.04 Å². The summed E-state index contributed by atoms with van der Waals surface area (Å²) in [5.41, 5.74) is 6.14. The number of benzene rings is 1. The summed E-state index contributed by atoms with van der Waals surface area (Å²) < 4.78 is 5.06. The number of nitrogens with one attached hydrogen (secondary N) is 1. The molecule has 18 heavy (non-hydrogen) atoms. The van der Waals surface area contributed by atoms with Crippen LogP contribution < -0.4 is 15.8 Å². The number of ether oxygens (including phenoxy) is 1. The fraction of sp³-hybridized carbons (Fsp3) is 0.500. The summed E-state index contributed by atoms with van der Waals surface area (Å²) in [7, 11) is 3.27. The smallest absolute Gasteiger partial charge is 0.156 e. The summed E-state index contributed by atoms with van der Waals surface area (Å²) in [6.45, 7) is 0.486. The maximum atomic E-state index is 10.2. The number of halogens is 2. The van der Waals surface area contributed by atoms with Crippen LogP contribution in [0.1, 0.15) is 18.1 Å². The highest BCUT2D eigenvalue weighted by molar-refractivity contribution is 6.37. The molecule has 2 unspecified atom stereocenters. The van der Waals surface area contributed by atoms with Gasteiger partial charge in [0.1, 0.15) is 0 Å². The molecule has 6 heteroatoms. The fourth-order valence-corrected chi connectivity index (χ4v) is 2.48. The molecule has 0 bridgehead atoms. The summed E-state index contributed by atoms with van der Waals surface area (Å²) in [4.78, 5) is 0. The zero-order valence-corrected chi connectivity index (χ0v) is 11.9. The van der Waals surface area contributed by atoms with E-state index in [1.165, 1.54) is 7.11 Å². The Morgan fingerprint density at radius 3 is 2.33 bits per heavy atom. The molecule has 0 aromatic heterocycles. The summed E-state index contributed by atoms with van der Waals surface area (Å²) in [5.74, 6) is 0.411. The first-order valence-corrected chi connectivity index (χ1v) is 6.39. The molecule has 1 aromatic rings. The number of methoxy groups -OCH3 is 1. The van der Waals surface area contributed by atoms with E-state index in [1.54, 1.807) is 19.2 Å². The lowest BCUT2D eigenvalue weighted by atomic mass is 9.99. The van der Waals surface area contributed by atoms with Gasteiger partial charge < -0.3 is 20.9 Å². The Labute approximate surface area is 117 Å². The van der Waals surface area contributed by atoms with E-state index < -0.39 is 6.10 Å². The van der Waals surface area contributed by atoms with Crippen LogP contribution in [0.4, 0.5) is 0 Å². The number of hydrogen-bond acceptors (Lipinski definition) is 4. The standard InChI is InChI=1S/C12H18Cl2N2O2/c1-16-10(3-4-15)11(17)7-5-8(13)12(18-2)9(14)6-7/h5-6,10-11,16-17H,3-4,15H2,1-2H3. The van der Waals surface area contributed by atoms with Gasteiger partial charge in [-0.3, -0.25) is 0 Å². The first kappa shape index (κ1) is 15.5. The van der Waals surface area contributed by atoms with Gasteiger partial charge in [0.2, 0.25) is 0 Å². The number of hydrogen-bond donors (Lipinski definition) is 3. The summed E-state index contributed by atoms with van der Waals surface area (Å²) in [6, 6.07) is 3.16. The van der Waals surface area contributed by atoms with Crippen LogP contribution in [0.2, 0.25) is 10.0 Å². The van der Waals surface area contributed by atoms with Gasteiger partial charge in [-0.05, 0) is 37.7 Å². The predicted octanol–water partition coefficient (Wildman–Crippen LogP) is 1.97.